The van der Waals surface area contributed by atoms with Crippen LogP contribution in [-0.2, 0) is 4.74 Å². The van der Waals surface area contributed by atoms with E-state index in [4.69, 9.17) is 44.9 Å². The van der Waals surface area contributed by atoms with Gasteiger partial charge < -0.3 is 9.84 Å². The monoisotopic (exact) mass is 307 g/mol. The predicted molar refractivity (Wildman–Crippen MR) is 74.5 cm³/mol. The molecule has 0 bridgehead atoms. The Labute approximate surface area is 120 Å². The molecule has 1 aromatic rings. The number of hydrogen-bond acceptors (Lipinski definition) is 3. The summed E-state index contributed by atoms with van der Waals surface area (Å²) < 4.78 is 3.03. The number of ether oxygens (including phenoxy) is 1. The maximum Gasteiger partial charge on any atom is 0.265 e. The average molecular weight is 309 g/mol. The van der Waals surface area contributed by atoms with Crippen molar-refractivity contribution in [1.82, 2.24) is 0 Å². The molecule has 0 aliphatic heterocycles. The third kappa shape index (κ3) is 5.27. The van der Waals surface area contributed by atoms with E-state index in [1.165, 1.54) is 0 Å². The van der Waals surface area contributed by atoms with Gasteiger partial charge in [0.05, 0.1) is 6.10 Å². The van der Waals surface area contributed by atoms with Crippen LogP contribution in [0.25, 0.3) is 0 Å². The van der Waals surface area contributed by atoms with E-state index in [0.717, 1.165) is 5.56 Å². The first-order valence-corrected chi connectivity index (χ1v) is 6.23. The van der Waals surface area contributed by atoms with Crippen LogP contribution >= 0.6 is 34.8 Å². The Hall–Kier alpha value is -0.740. The Morgan fingerprint density at radius 2 is 1.94 bits per heavy atom. The number of benzene rings is 1. The zero-order chi connectivity index (χ0) is 13.6. The number of alkyl halides is 3. The van der Waals surface area contributed by atoms with E-state index in [0.29, 0.717) is 0 Å². The SMILES string of the molecule is N=C(OC/C=C\C(O)c1ccccc1)C(Cl)(Cl)Cl. The molecule has 0 aliphatic carbocycles. The first-order chi connectivity index (χ1) is 8.41. The van der Waals surface area contributed by atoms with E-state index in [-0.39, 0.29) is 6.61 Å². The predicted octanol–water partition coefficient (Wildman–Crippen LogP) is 3.64. The standard InChI is InChI=1S/C12H12Cl3NO2/c13-12(14,15)11(16)18-8-4-7-10(17)9-5-2-1-3-6-9/h1-7,10,16-17H,8H2/b7-4-,16-11?. The molecule has 0 amide bonds. The zero-order valence-electron chi connectivity index (χ0n) is 9.32. The molecule has 1 atom stereocenters. The Kier molecular flexibility index (Phi) is 5.96. The minimum atomic E-state index is -1.86. The number of hydrogen-bond donors (Lipinski definition) is 2. The minimum Gasteiger partial charge on any atom is -0.474 e. The van der Waals surface area contributed by atoms with Gasteiger partial charge in [-0.2, -0.15) is 0 Å². The molecule has 0 saturated heterocycles. The molecule has 1 rings (SSSR count). The van der Waals surface area contributed by atoms with E-state index in [9.17, 15) is 5.11 Å². The maximum absolute atomic E-state index is 9.77. The quantitative estimate of drug-likeness (QED) is 0.386. The lowest BCUT2D eigenvalue weighted by molar-refractivity contribution is 0.227. The second-order valence-electron chi connectivity index (χ2n) is 3.42. The van der Waals surface area contributed by atoms with Crippen molar-refractivity contribution in [2.45, 2.75) is 9.90 Å². The maximum atomic E-state index is 9.77. The highest BCUT2D eigenvalue weighted by Crippen LogP contribution is 2.27. The molecule has 0 fully saturated rings. The lowest BCUT2D eigenvalue weighted by Crippen LogP contribution is -2.21. The first-order valence-electron chi connectivity index (χ1n) is 5.09. The van der Waals surface area contributed by atoms with Crippen LogP contribution in [0.4, 0.5) is 0 Å². The summed E-state index contributed by atoms with van der Waals surface area (Å²) in [5, 5.41) is 17.0. The van der Waals surface area contributed by atoms with Crippen LogP contribution in [0.5, 0.6) is 0 Å². The highest BCUT2D eigenvalue weighted by Gasteiger charge is 2.28. The van der Waals surface area contributed by atoms with Gasteiger partial charge in [-0.05, 0) is 11.6 Å². The van der Waals surface area contributed by atoms with Gasteiger partial charge in [0.1, 0.15) is 6.61 Å². The van der Waals surface area contributed by atoms with Gasteiger partial charge in [-0.15, -0.1) is 0 Å². The fraction of sp³-hybridized carbons (Fsp3) is 0.250. The molecule has 98 valence electrons. The Morgan fingerprint density at radius 1 is 1.33 bits per heavy atom. The van der Waals surface area contributed by atoms with Gasteiger partial charge in [0.2, 0.25) is 5.90 Å². The summed E-state index contributed by atoms with van der Waals surface area (Å²) in [5.74, 6) is -0.452. The highest BCUT2D eigenvalue weighted by molar-refractivity contribution is 6.76. The Balaban J connectivity index is 2.40. The fourth-order valence-corrected chi connectivity index (χ4v) is 1.32. The van der Waals surface area contributed by atoms with Gasteiger partial charge in [0.15, 0.2) is 0 Å². The second kappa shape index (κ2) is 7.00. The van der Waals surface area contributed by atoms with Crippen LogP contribution in [0.3, 0.4) is 0 Å². The van der Waals surface area contributed by atoms with Crippen LogP contribution in [-0.4, -0.2) is 21.4 Å². The molecular formula is C12H12Cl3NO2. The van der Waals surface area contributed by atoms with Crippen LogP contribution in [0.15, 0.2) is 42.5 Å². The zero-order valence-corrected chi connectivity index (χ0v) is 11.6. The number of rotatable bonds is 4. The number of nitrogens with one attached hydrogen (secondary N) is 1. The third-order valence-electron chi connectivity index (χ3n) is 2.04. The molecule has 0 aliphatic rings. The normalized spacial score (nSPS) is 13.6. The topological polar surface area (TPSA) is 53.3 Å². The Morgan fingerprint density at radius 3 is 2.50 bits per heavy atom. The average Bonchev–Trinajstić information content (AvgIpc) is 2.34. The van der Waals surface area contributed by atoms with Crippen LogP contribution < -0.4 is 0 Å². The summed E-state index contributed by atoms with van der Waals surface area (Å²) in [5.41, 5.74) is 0.769. The van der Waals surface area contributed by atoms with Gasteiger partial charge in [0, 0.05) is 0 Å². The van der Waals surface area contributed by atoms with Crippen molar-refractivity contribution in [1.29, 1.82) is 5.41 Å². The summed E-state index contributed by atoms with van der Waals surface area (Å²) in [4.78, 5) is 0. The van der Waals surface area contributed by atoms with Crippen molar-refractivity contribution in [3.05, 3.63) is 48.0 Å². The van der Waals surface area contributed by atoms with Gasteiger partial charge in [-0.25, -0.2) is 0 Å². The van der Waals surface area contributed by atoms with E-state index < -0.39 is 15.8 Å². The van der Waals surface area contributed by atoms with Crippen molar-refractivity contribution >= 4 is 40.7 Å². The summed E-state index contributed by atoms with van der Waals surface area (Å²) in [7, 11) is 0. The largest absolute Gasteiger partial charge is 0.474 e. The summed E-state index contributed by atoms with van der Waals surface area (Å²) in [6, 6.07) is 9.15. The van der Waals surface area contributed by atoms with E-state index in [1.54, 1.807) is 24.3 Å². The minimum absolute atomic E-state index is 0.0522. The van der Waals surface area contributed by atoms with Gasteiger partial charge in [-0.3, -0.25) is 5.41 Å². The summed E-state index contributed by atoms with van der Waals surface area (Å²) in [6.45, 7) is 0.0522. The first kappa shape index (κ1) is 15.3. The van der Waals surface area contributed by atoms with Gasteiger partial charge in [-0.1, -0.05) is 71.2 Å². The van der Waals surface area contributed by atoms with Crippen LogP contribution in [0, 0.1) is 5.41 Å². The molecule has 0 heterocycles. The molecule has 18 heavy (non-hydrogen) atoms. The molecule has 3 nitrogen and oxygen atoms in total. The summed E-state index contributed by atoms with van der Waals surface area (Å²) in [6.07, 6.45) is 2.38. The fourth-order valence-electron chi connectivity index (χ4n) is 1.16. The van der Waals surface area contributed by atoms with Crippen molar-refractivity contribution in [3.8, 4) is 0 Å². The summed E-state index contributed by atoms with van der Waals surface area (Å²) >= 11 is 16.3. The van der Waals surface area contributed by atoms with E-state index in [1.807, 2.05) is 18.2 Å². The molecular weight excluding hydrogens is 296 g/mol. The lowest BCUT2D eigenvalue weighted by Gasteiger charge is -2.12. The van der Waals surface area contributed by atoms with Crippen molar-refractivity contribution < 1.29 is 9.84 Å². The number of aliphatic hydroxyl groups excluding tert-OH is 1. The smallest absolute Gasteiger partial charge is 0.265 e. The molecule has 0 aromatic heterocycles. The molecule has 2 N–H and O–H groups in total. The third-order valence-corrected chi connectivity index (χ3v) is 2.56. The molecule has 1 unspecified atom stereocenters. The van der Waals surface area contributed by atoms with E-state index >= 15 is 0 Å². The van der Waals surface area contributed by atoms with Gasteiger partial charge in [0.25, 0.3) is 3.79 Å². The molecule has 0 spiro atoms. The molecule has 1 aromatic carbocycles. The number of halogens is 3. The Bertz CT molecular complexity index is 415. The van der Waals surface area contributed by atoms with Crippen molar-refractivity contribution in [2.24, 2.45) is 0 Å². The van der Waals surface area contributed by atoms with Crippen LogP contribution in [0.2, 0.25) is 0 Å². The molecule has 0 radical (unpaired) electrons. The number of aliphatic hydroxyl groups is 1. The van der Waals surface area contributed by atoms with Crippen LogP contribution in [0.1, 0.15) is 11.7 Å². The lowest BCUT2D eigenvalue weighted by atomic mass is 10.1. The molecule has 6 heteroatoms. The van der Waals surface area contributed by atoms with E-state index in [2.05, 4.69) is 0 Å². The highest BCUT2D eigenvalue weighted by atomic mass is 35.6. The molecule has 0 saturated carbocycles. The second-order valence-corrected chi connectivity index (χ2v) is 5.70. The van der Waals surface area contributed by atoms with Gasteiger partial charge >= 0.3 is 0 Å². The van der Waals surface area contributed by atoms with Crippen molar-refractivity contribution in [2.75, 3.05) is 6.61 Å². The van der Waals surface area contributed by atoms with Crippen molar-refractivity contribution in [3.63, 3.8) is 0 Å².